The molecule has 3 aromatic carbocycles. The molecule has 30 heteroatoms. The van der Waals surface area contributed by atoms with Gasteiger partial charge in [-0.2, -0.15) is 0 Å². The molecule has 5 aromatic rings. The molecule has 0 bridgehead atoms. The molecule has 2 aromatic heterocycles. The molecule has 6 heterocycles. The predicted octanol–water partition coefficient (Wildman–Crippen LogP) is 9.75. The number of aromatic nitrogens is 6. The van der Waals surface area contributed by atoms with E-state index in [1.54, 1.807) is 74.6 Å². The minimum absolute atomic E-state index is 0.0488. The van der Waals surface area contributed by atoms with Crippen LogP contribution in [0.4, 0.5) is 9.59 Å². The van der Waals surface area contributed by atoms with Crippen LogP contribution >= 0.6 is 0 Å². The first-order valence-electron chi connectivity index (χ1n) is 36.6. The number of unbranched alkanes of at least 4 members (excludes halogenated alkanes) is 2. The quantitative estimate of drug-likeness (QED) is 0.0144. The van der Waals surface area contributed by atoms with E-state index in [1.165, 1.54) is 35.0 Å². The Balaban J connectivity index is 0.759. The van der Waals surface area contributed by atoms with Crippen molar-refractivity contribution in [3.05, 3.63) is 152 Å². The van der Waals surface area contributed by atoms with Gasteiger partial charge in [-0.15, -0.1) is 10.2 Å². The average molecular weight is 1430 g/mol. The molecule has 0 radical (unpaired) electrons. The second-order valence-corrected chi connectivity index (χ2v) is 29.7. The highest BCUT2D eigenvalue weighted by molar-refractivity contribution is 5.96. The first-order valence-corrected chi connectivity index (χ1v) is 36.6. The fourth-order valence-corrected chi connectivity index (χ4v) is 14.7. The van der Waals surface area contributed by atoms with Crippen molar-refractivity contribution in [2.24, 2.45) is 22.1 Å². The zero-order chi connectivity index (χ0) is 74.8. The maximum atomic E-state index is 14.8. The molecule has 4 N–H and O–H groups in total. The Labute approximate surface area is 607 Å². The largest absolute Gasteiger partial charge is 0.444 e. The van der Waals surface area contributed by atoms with Gasteiger partial charge in [0.2, 0.25) is 35.4 Å². The van der Waals surface area contributed by atoms with Crippen molar-refractivity contribution in [3.63, 3.8) is 0 Å². The summed E-state index contributed by atoms with van der Waals surface area (Å²) in [5.41, 5.74) is 22.1. The Bertz CT molecular complexity index is 3620. The average Bonchev–Trinajstić information content (AvgIpc) is 1.63. The molecular formula is C74H102N20O10. The minimum atomic E-state index is -1.13. The normalized spacial score (nSPS) is 21.4. The number of hydrogen-bond donors (Lipinski definition) is 4. The third-order valence-corrected chi connectivity index (χ3v) is 20.1. The van der Waals surface area contributed by atoms with Gasteiger partial charge in [0.15, 0.2) is 0 Å². The number of rotatable bonds is 30. The fourth-order valence-electron chi connectivity index (χ4n) is 14.7. The lowest BCUT2D eigenvalue weighted by Crippen LogP contribution is -2.59. The van der Waals surface area contributed by atoms with E-state index in [4.69, 9.17) is 9.47 Å². The van der Waals surface area contributed by atoms with Gasteiger partial charge in [-0.05, 0) is 189 Å². The molecule has 0 spiro atoms. The first kappa shape index (κ1) is 78.1. The summed E-state index contributed by atoms with van der Waals surface area (Å²) in [6.07, 6.45) is 11.8. The van der Waals surface area contributed by atoms with Crippen LogP contribution in [0.15, 0.2) is 108 Å². The third kappa shape index (κ3) is 20.2. The van der Waals surface area contributed by atoms with Crippen molar-refractivity contribution >= 4 is 47.6 Å². The van der Waals surface area contributed by atoms with Crippen molar-refractivity contribution in [1.82, 2.24) is 70.9 Å². The lowest BCUT2D eigenvalue weighted by atomic mass is 9.93. The summed E-state index contributed by atoms with van der Waals surface area (Å²) in [6, 6.07) is 19.7. The molecule has 12 atom stereocenters. The number of nitrogens with zero attached hydrogens (tertiary/aromatic N) is 16. The van der Waals surface area contributed by atoms with Crippen LogP contribution in [0, 0.1) is 11.8 Å². The van der Waals surface area contributed by atoms with Crippen molar-refractivity contribution in [2.75, 3.05) is 27.2 Å². The number of hydrogen-bond acceptors (Lipinski definition) is 16. The summed E-state index contributed by atoms with van der Waals surface area (Å²) < 4.78 is 14.6. The Morgan fingerprint density at radius 2 is 0.913 bits per heavy atom. The van der Waals surface area contributed by atoms with Crippen molar-refractivity contribution in [3.8, 4) is 0 Å². The molecule has 0 saturated carbocycles. The Morgan fingerprint density at radius 1 is 0.548 bits per heavy atom. The van der Waals surface area contributed by atoms with E-state index in [0.717, 1.165) is 49.7 Å². The van der Waals surface area contributed by atoms with Gasteiger partial charge < -0.3 is 40.5 Å². The number of amides is 8. The van der Waals surface area contributed by atoms with Crippen LogP contribution in [0.2, 0.25) is 0 Å². The van der Waals surface area contributed by atoms with E-state index in [2.05, 4.69) is 86.2 Å². The number of azide groups is 2. The van der Waals surface area contributed by atoms with Crippen LogP contribution in [0.5, 0.6) is 0 Å². The van der Waals surface area contributed by atoms with Crippen molar-refractivity contribution in [1.29, 1.82) is 0 Å². The summed E-state index contributed by atoms with van der Waals surface area (Å²) in [5.74, 6) is -3.90. The van der Waals surface area contributed by atoms with Crippen LogP contribution in [0.25, 0.3) is 20.9 Å². The summed E-state index contributed by atoms with van der Waals surface area (Å²) >= 11 is 0. The molecule has 4 aliphatic rings. The summed E-state index contributed by atoms with van der Waals surface area (Å²) in [4.78, 5) is 125. The maximum Gasteiger partial charge on any atom is 0.410 e. The number of aryl methyl sites for hydroxylation is 4. The van der Waals surface area contributed by atoms with Gasteiger partial charge in [0.05, 0.1) is 24.5 Å². The summed E-state index contributed by atoms with van der Waals surface area (Å²) in [7, 11) is 2.95. The molecule has 0 unspecified atom stereocenters. The number of carbonyl (C=O) groups is 8. The number of fused-ring (bicyclic) bond motifs is 2. The number of carbonyl (C=O) groups excluding carboxylic acids is 8. The lowest BCUT2D eigenvalue weighted by Gasteiger charge is -2.34. The second kappa shape index (κ2) is 35.9. The van der Waals surface area contributed by atoms with Gasteiger partial charge in [-0.3, -0.25) is 47.9 Å². The number of ether oxygens (including phenoxy) is 2. The zero-order valence-corrected chi connectivity index (χ0v) is 61.5. The number of benzene rings is 3. The van der Waals surface area contributed by atoms with E-state index in [0.29, 0.717) is 75.8 Å². The molecule has 30 nitrogen and oxygen atoms in total. The second-order valence-electron chi connectivity index (χ2n) is 29.7. The maximum absolute atomic E-state index is 14.8. The molecular weight excluding hydrogens is 1330 g/mol. The Kier molecular flexibility index (Phi) is 26.9. The minimum Gasteiger partial charge on any atom is -0.444 e. The van der Waals surface area contributed by atoms with Gasteiger partial charge in [0.25, 0.3) is 0 Å². The smallest absolute Gasteiger partial charge is 0.410 e. The van der Waals surface area contributed by atoms with Crippen LogP contribution < -0.4 is 21.3 Å². The van der Waals surface area contributed by atoms with Crippen LogP contribution in [0.3, 0.4) is 0 Å². The molecule has 0 aliphatic carbocycles. The predicted molar refractivity (Wildman–Crippen MR) is 386 cm³/mol. The van der Waals surface area contributed by atoms with Gasteiger partial charge in [-0.25, -0.2) is 9.59 Å². The zero-order valence-electron chi connectivity index (χ0n) is 61.5. The Hall–Kier alpha value is -10.1. The van der Waals surface area contributed by atoms with E-state index >= 15 is 0 Å². The molecule has 104 heavy (non-hydrogen) atoms. The topological polar surface area (TPSA) is 375 Å². The number of nitrogens with one attached hydrogen (secondary N) is 4. The molecule has 4 saturated heterocycles. The van der Waals surface area contributed by atoms with E-state index in [-0.39, 0.29) is 49.8 Å². The lowest BCUT2D eigenvalue weighted by molar-refractivity contribution is -0.144. The van der Waals surface area contributed by atoms with E-state index in [9.17, 15) is 49.4 Å². The summed E-state index contributed by atoms with van der Waals surface area (Å²) in [5, 5.41) is 37.9. The monoisotopic (exact) mass is 1430 g/mol. The number of likely N-dealkylation sites (N-methyl/N-ethyl adjacent to an activating group) is 2. The van der Waals surface area contributed by atoms with E-state index < -0.39 is 107 Å². The first-order chi connectivity index (χ1) is 49.8. The van der Waals surface area contributed by atoms with Gasteiger partial charge >= 0.3 is 12.2 Å². The molecule has 8 amide bonds. The highest BCUT2D eigenvalue weighted by atomic mass is 16.6. The standard InChI is InChI=1S/C74H102N20O10/c1-11-57(89(9)71(101)103-73(3,4)5)65(95)81-63-51(43-77-85-75)33-35-53-37-39-59(93(53)69(63)99)67(97)79-61(49-25-15-13-16-26-49)55-45-91(87-83-55)41-21-19-23-47-29-31-48(32-30-47)24-20-22-42-92-46-56(84-88-92)62(50-27-17-14-18-28-50)80-68(98)60-40-38-54-36-34-52(44-78-86-76)64(70(100)94(54)60)82-66(96)58(12-2)90(10)72(102)104-74(6,7)8/h13-18,25-32,45-46,51-54,57-64H,11-12,19-24,33-44H2,1-10H3,(H,79,97)(H,80,98)(H,81,95)(H,82,96)/t51-,52-,53+,54+,57+,58+,59+,60+,61+,62+,63+,64+/m1/s1. The van der Waals surface area contributed by atoms with Crippen LogP contribution in [-0.2, 0) is 64.2 Å². The van der Waals surface area contributed by atoms with Crippen molar-refractivity contribution < 1.29 is 47.8 Å². The highest BCUT2D eigenvalue weighted by Crippen LogP contribution is 2.38. The Morgan fingerprint density at radius 3 is 1.26 bits per heavy atom. The molecule has 4 fully saturated rings. The molecule has 558 valence electrons. The van der Waals surface area contributed by atoms with Gasteiger partial charge in [0.1, 0.15) is 58.8 Å². The fraction of sp³-hybridized carbons (Fsp3) is 0.595. The molecule has 9 rings (SSSR count). The van der Waals surface area contributed by atoms with Crippen LogP contribution in [-0.4, -0.2) is 184 Å². The third-order valence-electron chi connectivity index (χ3n) is 20.1. The SMILES string of the molecule is CC[C@@H](C(=O)N[C@@H]1C(=O)N2[C@@H](CC[C@@H]1CN=[N+]=[N-])CC[C@H]2C(=O)N[C@@H](c1ccccc1)c1cn(CCCCc2ccc(CCCCn3cc([C@@H](NC(=O)[C@@H]4CC[C@@H]5CC[C@H](CN=[N+]=[N-])[C@H](NC(=O)[C@H](CC)N(C)C(=O)OC(C)(C)C)C(=O)N54)c4ccccc4)nn3)cc2)nn1)N(C)C(=O)OC(C)(C)C. The molecule has 4 aliphatic heterocycles. The van der Waals surface area contributed by atoms with Crippen LogP contribution in [0.1, 0.15) is 191 Å². The van der Waals surface area contributed by atoms with Gasteiger partial charge in [-0.1, -0.05) is 119 Å². The van der Waals surface area contributed by atoms with Gasteiger partial charge in [0, 0.05) is 62.2 Å². The summed E-state index contributed by atoms with van der Waals surface area (Å²) in [6.45, 7) is 15.0. The highest BCUT2D eigenvalue weighted by Gasteiger charge is 2.51. The van der Waals surface area contributed by atoms with E-state index in [1.807, 2.05) is 73.1 Å². The van der Waals surface area contributed by atoms with Crippen molar-refractivity contribution in [2.45, 2.75) is 243 Å².